The van der Waals surface area contributed by atoms with Gasteiger partial charge in [0, 0.05) is 26.7 Å². The van der Waals surface area contributed by atoms with Crippen LogP contribution in [0, 0.1) is 5.92 Å². The zero-order chi connectivity index (χ0) is 15.5. The van der Waals surface area contributed by atoms with Crippen LogP contribution in [0.25, 0.3) is 0 Å². The van der Waals surface area contributed by atoms with E-state index < -0.39 is 0 Å². The number of carbonyl (C=O) groups is 1. The van der Waals surface area contributed by atoms with Crippen LogP contribution in [0.1, 0.15) is 38.1 Å². The number of ether oxygens (including phenoxy) is 2. The third kappa shape index (κ3) is 4.28. The molecule has 0 spiro atoms. The highest BCUT2D eigenvalue weighted by atomic mass is 16.5. The van der Waals surface area contributed by atoms with E-state index in [2.05, 4.69) is 10.2 Å². The number of methoxy groups -OCH3 is 1. The van der Waals surface area contributed by atoms with Gasteiger partial charge in [0.15, 0.2) is 0 Å². The summed E-state index contributed by atoms with van der Waals surface area (Å²) in [6.07, 6.45) is 1.57. The first kappa shape index (κ1) is 16.0. The predicted molar refractivity (Wildman–Crippen MR) is 78.5 cm³/mol. The highest BCUT2D eigenvalue weighted by molar-refractivity contribution is 5.78. The number of H-pyrrole nitrogens is 1. The first-order valence-electron chi connectivity index (χ1n) is 7.32. The van der Waals surface area contributed by atoms with Gasteiger partial charge in [-0.3, -0.25) is 9.89 Å². The monoisotopic (exact) mass is 295 g/mol. The maximum atomic E-state index is 12.5. The molecule has 1 aromatic heterocycles. The second-order valence-corrected chi connectivity index (χ2v) is 6.31. The summed E-state index contributed by atoms with van der Waals surface area (Å²) in [5.74, 6) is 0.217. The summed E-state index contributed by atoms with van der Waals surface area (Å²) >= 11 is 0. The number of hydrogen-bond donors (Lipinski definition) is 1. The quantitative estimate of drug-likeness (QED) is 0.898. The number of rotatable bonds is 5. The predicted octanol–water partition coefficient (Wildman–Crippen LogP) is 1.72. The molecule has 0 radical (unpaired) electrons. The van der Waals surface area contributed by atoms with Gasteiger partial charge in [0.2, 0.25) is 5.91 Å². The van der Waals surface area contributed by atoms with Crippen molar-refractivity contribution in [1.82, 2.24) is 15.1 Å². The summed E-state index contributed by atoms with van der Waals surface area (Å²) < 4.78 is 10.7. The van der Waals surface area contributed by atoms with Crippen molar-refractivity contribution < 1.29 is 14.3 Å². The highest BCUT2D eigenvalue weighted by Crippen LogP contribution is 2.29. The fourth-order valence-corrected chi connectivity index (χ4v) is 2.80. The molecule has 0 saturated carbocycles. The first-order chi connectivity index (χ1) is 9.91. The molecule has 1 aromatic rings. The standard InChI is InChI=1S/C15H25N3O3/c1-15(2)8-11(5-6-21-15)14(19)18(3)9-12-7-13(10-20-4)17-16-12/h7,11H,5-6,8-10H2,1-4H3,(H,16,17)/t11-/m0/s1. The molecule has 0 aliphatic carbocycles. The van der Waals surface area contributed by atoms with Crippen molar-refractivity contribution in [3.8, 4) is 0 Å². The summed E-state index contributed by atoms with van der Waals surface area (Å²) in [5, 5.41) is 7.09. The largest absolute Gasteiger partial charge is 0.378 e. The molecule has 1 N–H and O–H groups in total. The molecule has 1 aliphatic heterocycles. The number of amides is 1. The smallest absolute Gasteiger partial charge is 0.225 e. The van der Waals surface area contributed by atoms with Crippen molar-refractivity contribution in [2.24, 2.45) is 5.92 Å². The molecule has 1 amide bonds. The van der Waals surface area contributed by atoms with E-state index in [-0.39, 0.29) is 17.4 Å². The van der Waals surface area contributed by atoms with Gasteiger partial charge in [-0.2, -0.15) is 5.10 Å². The molecule has 0 aromatic carbocycles. The van der Waals surface area contributed by atoms with Crippen LogP contribution < -0.4 is 0 Å². The van der Waals surface area contributed by atoms with Crippen LogP contribution in [-0.2, 0) is 27.4 Å². The lowest BCUT2D eigenvalue weighted by Crippen LogP contribution is -2.42. The molecule has 118 valence electrons. The lowest BCUT2D eigenvalue weighted by Gasteiger charge is -2.36. The SMILES string of the molecule is COCc1cc(CN(C)C(=O)[C@H]2CCOC(C)(C)C2)[nH]n1. The van der Waals surface area contributed by atoms with Crippen LogP contribution >= 0.6 is 0 Å². The van der Waals surface area contributed by atoms with E-state index in [9.17, 15) is 4.79 Å². The van der Waals surface area contributed by atoms with Crippen molar-refractivity contribution in [2.45, 2.75) is 45.4 Å². The third-order valence-electron chi connectivity index (χ3n) is 3.81. The average Bonchev–Trinajstić information content (AvgIpc) is 2.84. The van der Waals surface area contributed by atoms with Gasteiger partial charge in [0.25, 0.3) is 0 Å². The van der Waals surface area contributed by atoms with Crippen LogP contribution in [0.4, 0.5) is 0 Å². The Hall–Kier alpha value is -1.40. The van der Waals surface area contributed by atoms with Gasteiger partial charge in [-0.25, -0.2) is 0 Å². The Bertz CT molecular complexity index is 484. The van der Waals surface area contributed by atoms with Crippen LogP contribution in [0.2, 0.25) is 0 Å². The molecule has 2 rings (SSSR count). The van der Waals surface area contributed by atoms with E-state index in [0.29, 0.717) is 19.8 Å². The number of hydrogen-bond acceptors (Lipinski definition) is 4. The summed E-state index contributed by atoms with van der Waals surface area (Å²) in [6.45, 7) is 5.74. The molecule has 1 fully saturated rings. The van der Waals surface area contributed by atoms with Crippen molar-refractivity contribution in [1.29, 1.82) is 0 Å². The van der Waals surface area contributed by atoms with Crippen LogP contribution in [-0.4, -0.2) is 47.4 Å². The first-order valence-corrected chi connectivity index (χ1v) is 7.32. The number of nitrogens with zero attached hydrogens (tertiary/aromatic N) is 2. The Morgan fingerprint density at radius 1 is 1.62 bits per heavy atom. The minimum atomic E-state index is -0.209. The number of aromatic nitrogens is 2. The zero-order valence-corrected chi connectivity index (χ0v) is 13.3. The Labute approximate surface area is 125 Å². The molecule has 1 saturated heterocycles. The van der Waals surface area contributed by atoms with E-state index in [4.69, 9.17) is 9.47 Å². The summed E-state index contributed by atoms with van der Waals surface area (Å²) in [5.41, 5.74) is 1.56. The summed E-state index contributed by atoms with van der Waals surface area (Å²) in [6, 6.07) is 1.93. The zero-order valence-electron chi connectivity index (χ0n) is 13.3. The normalized spacial score (nSPS) is 21.2. The summed E-state index contributed by atoms with van der Waals surface area (Å²) in [7, 11) is 3.47. The Balaban J connectivity index is 1.92. The lowest BCUT2D eigenvalue weighted by atomic mass is 9.87. The molecule has 1 atom stereocenters. The molecule has 6 nitrogen and oxygen atoms in total. The van der Waals surface area contributed by atoms with Gasteiger partial charge in [-0.1, -0.05) is 0 Å². The molecule has 0 unspecified atom stereocenters. The Morgan fingerprint density at radius 3 is 3.05 bits per heavy atom. The molecule has 0 bridgehead atoms. The number of carbonyl (C=O) groups excluding carboxylic acids is 1. The lowest BCUT2D eigenvalue weighted by molar-refractivity contribution is -0.144. The van der Waals surface area contributed by atoms with E-state index in [0.717, 1.165) is 24.2 Å². The Kier molecular flexibility index (Phi) is 5.00. The fraction of sp³-hybridized carbons (Fsp3) is 0.733. The minimum Gasteiger partial charge on any atom is -0.378 e. The topological polar surface area (TPSA) is 67.4 Å². The van der Waals surface area contributed by atoms with Gasteiger partial charge < -0.3 is 14.4 Å². The molecule has 1 aliphatic rings. The van der Waals surface area contributed by atoms with Gasteiger partial charge >= 0.3 is 0 Å². The van der Waals surface area contributed by atoms with Crippen LogP contribution in [0.3, 0.4) is 0 Å². The number of aromatic amines is 1. The van der Waals surface area contributed by atoms with Crippen molar-refractivity contribution in [2.75, 3.05) is 20.8 Å². The van der Waals surface area contributed by atoms with E-state index in [1.165, 1.54) is 0 Å². The maximum absolute atomic E-state index is 12.5. The maximum Gasteiger partial charge on any atom is 0.225 e. The average molecular weight is 295 g/mol. The second kappa shape index (κ2) is 6.58. The molecule has 2 heterocycles. The van der Waals surface area contributed by atoms with Gasteiger partial charge in [0.05, 0.1) is 30.1 Å². The minimum absolute atomic E-state index is 0.0418. The number of nitrogens with one attached hydrogen (secondary N) is 1. The highest BCUT2D eigenvalue weighted by Gasteiger charge is 2.34. The fourth-order valence-electron chi connectivity index (χ4n) is 2.80. The van der Waals surface area contributed by atoms with E-state index >= 15 is 0 Å². The van der Waals surface area contributed by atoms with E-state index in [1.54, 1.807) is 12.0 Å². The molecule has 6 heteroatoms. The summed E-state index contributed by atoms with van der Waals surface area (Å²) in [4.78, 5) is 14.3. The molecular formula is C15H25N3O3. The van der Waals surface area contributed by atoms with Crippen LogP contribution in [0.15, 0.2) is 6.07 Å². The van der Waals surface area contributed by atoms with Gasteiger partial charge in [-0.05, 0) is 32.8 Å². The second-order valence-electron chi connectivity index (χ2n) is 6.31. The molecular weight excluding hydrogens is 270 g/mol. The van der Waals surface area contributed by atoms with Crippen molar-refractivity contribution in [3.63, 3.8) is 0 Å². The van der Waals surface area contributed by atoms with Crippen molar-refractivity contribution in [3.05, 3.63) is 17.5 Å². The Morgan fingerprint density at radius 2 is 2.38 bits per heavy atom. The molecule has 21 heavy (non-hydrogen) atoms. The van der Waals surface area contributed by atoms with Gasteiger partial charge in [0.1, 0.15) is 0 Å². The third-order valence-corrected chi connectivity index (χ3v) is 3.81. The van der Waals surface area contributed by atoms with Crippen molar-refractivity contribution >= 4 is 5.91 Å². The van der Waals surface area contributed by atoms with Crippen LogP contribution in [0.5, 0.6) is 0 Å². The van der Waals surface area contributed by atoms with E-state index in [1.807, 2.05) is 27.0 Å². The van der Waals surface area contributed by atoms with Gasteiger partial charge in [-0.15, -0.1) is 0 Å².